The van der Waals surface area contributed by atoms with Crippen LogP contribution in [0.1, 0.15) is 46.6 Å². The zero-order valence-electron chi connectivity index (χ0n) is 16.2. The van der Waals surface area contributed by atoms with Crippen LogP contribution in [0.4, 0.5) is 4.79 Å². The Kier molecular flexibility index (Phi) is 6.56. The molecule has 0 spiro atoms. The van der Waals surface area contributed by atoms with Gasteiger partial charge in [0.2, 0.25) is 5.91 Å². The lowest BCUT2D eigenvalue weighted by molar-refractivity contribution is -0.131. The maximum atomic E-state index is 12.7. The number of benzene rings is 1. The van der Waals surface area contributed by atoms with Gasteiger partial charge in [-0.15, -0.1) is 0 Å². The van der Waals surface area contributed by atoms with E-state index < -0.39 is 17.7 Å². The highest BCUT2D eigenvalue weighted by Gasteiger charge is 2.39. The minimum Gasteiger partial charge on any atom is -0.444 e. The van der Waals surface area contributed by atoms with Gasteiger partial charge in [-0.25, -0.2) is 4.79 Å². The van der Waals surface area contributed by atoms with Crippen molar-refractivity contribution in [1.82, 2.24) is 10.2 Å². The summed E-state index contributed by atoms with van der Waals surface area (Å²) in [6.07, 6.45) is 0.814. The molecule has 1 aliphatic rings. The first-order chi connectivity index (χ1) is 12.0. The van der Waals surface area contributed by atoms with Crippen LogP contribution in [0.2, 0.25) is 5.02 Å². The predicted octanol–water partition coefficient (Wildman–Crippen LogP) is 4.03. The van der Waals surface area contributed by atoms with Crippen molar-refractivity contribution in [1.29, 1.82) is 0 Å². The maximum absolute atomic E-state index is 12.7. The molecule has 1 aromatic rings. The van der Waals surface area contributed by atoms with Gasteiger partial charge in [0, 0.05) is 11.6 Å². The van der Waals surface area contributed by atoms with Gasteiger partial charge < -0.3 is 10.1 Å². The van der Waals surface area contributed by atoms with Crippen LogP contribution in [0.25, 0.3) is 0 Å². The molecule has 1 saturated heterocycles. The number of carbonyl (C=O) groups is 2. The first kappa shape index (κ1) is 20.6. The van der Waals surface area contributed by atoms with Crippen LogP contribution < -0.4 is 5.32 Å². The van der Waals surface area contributed by atoms with Crippen molar-refractivity contribution >= 4 is 23.6 Å². The van der Waals surface area contributed by atoms with Crippen molar-refractivity contribution in [3.63, 3.8) is 0 Å². The molecule has 2 amide bonds. The molecule has 1 heterocycles. The molecule has 2 atom stereocenters. The lowest BCUT2D eigenvalue weighted by Gasteiger charge is -2.40. The standard InChI is InChI=1S/C20H29ClN2O3/c1-13(2)10-17-18(24)22-16(11-14-6-8-15(21)9-7-14)12-23(17)19(25)26-20(3,4)5/h6-9,13,16-17H,10-12H2,1-5H3,(H,22,24)/t16-,17-/m0/s1. The van der Waals surface area contributed by atoms with E-state index in [1.807, 2.05) is 58.9 Å². The lowest BCUT2D eigenvalue weighted by atomic mass is 9.96. The first-order valence-electron chi connectivity index (χ1n) is 9.09. The van der Waals surface area contributed by atoms with E-state index in [1.54, 1.807) is 4.90 Å². The summed E-state index contributed by atoms with van der Waals surface area (Å²) in [5.74, 6) is 0.179. The number of hydrogen-bond donors (Lipinski definition) is 1. The average Bonchev–Trinajstić information content (AvgIpc) is 2.50. The normalized spacial score (nSPS) is 20.9. The Balaban J connectivity index is 2.16. The lowest BCUT2D eigenvalue weighted by Crippen LogP contribution is -2.62. The molecule has 144 valence electrons. The van der Waals surface area contributed by atoms with Crippen molar-refractivity contribution < 1.29 is 14.3 Å². The van der Waals surface area contributed by atoms with E-state index in [9.17, 15) is 9.59 Å². The van der Waals surface area contributed by atoms with Gasteiger partial charge >= 0.3 is 6.09 Å². The van der Waals surface area contributed by atoms with E-state index >= 15 is 0 Å². The van der Waals surface area contributed by atoms with E-state index in [4.69, 9.17) is 16.3 Å². The molecule has 0 aromatic heterocycles. The van der Waals surface area contributed by atoms with Crippen LogP contribution in [-0.4, -0.2) is 41.1 Å². The van der Waals surface area contributed by atoms with Gasteiger partial charge in [-0.3, -0.25) is 9.69 Å². The molecule has 1 N–H and O–H groups in total. The van der Waals surface area contributed by atoms with Crippen LogP contribution in [-0.2, 0) is 16.0 Å². The third-order valence-electron chi connectivity index (χ3n) is 4.16. The van der Waals surface area contributed by atoms with Crippen LogP contribution >= 0.6 is 11.6 Å². The van der Waals surface area contributed by atoms with Gasteiger partial charge in [0.05, 0.1) is 6.04 Å². The molecule has 1 aromatic carbocycles. The molecule has 6 heteroatoms. The second-order valence-electron chi connectivity index (χ2n) is 8.31. The Morgan fingerprint density at radius 3 is 2.46 bits per heavy atom. The Morgan fingerprint density at radius 2 is 1.92 bits per heavy atom. The molecule has 0 unspecified atom stereocenters. The SMILES string of the molecule is CC(C)C[C@H]1C(=O)N[C@@H](Cc2ccc(Cl)cc2)CN1C(=O)OC(C)(C)C. The molecular formula is C20H29ClN2O3. The number of nitrogens with one attached hydrogen (secondary N) is 1. The minimum atomic E-state index is -0.598. The van der Waals surface area contributed by atoms with Crippen LogP contribution in [0.15, 0.2) is 24.3 Å². The fourth-order valence-corrected chi connectivity index (χ4v) is 3.20. The molecule has 2 rings (SSSR count). The van der Waals surface area contributed by atoms with E-state index in [0.29, 0.717) is 30.3 Å². The Morgan fingerprint density at radius 1 is 1.31 bits per heavy atom. The van der Waals surface area contributed by atoms with Crippen LogP contribution in [0, 0.1) is 5.92 Å². The molecule has 0 saturated carbocycles. The number of amides is 2. The molecule has 1 fully saturated rings. The van der Waals surface area contributed by atoms with Crippen molar-refractivity contribution in [3.8, 4) is 0 Å². The van der Waals surface area contributed by atoms with Crippen molar-refractivity contribution in [2.24, 2.45) is 5.92 Å². The van der Waals surface area contributed by atoms with Gasteiger partial charge in [0.1, 0.15) is 11.6 Å². The molecular weight excluding hydrogens is 352 g/mol. The summed E-state index contributed by atoms with van der Waals surface area (Å²) >= 11 is 5.93. The molecule has 26 heavy (non-hydrogen) atoms. The first-order valence-corrected chi connectivity index (χ1v) is 9.47. The summed E-state index contributed by atoms with van der Waals surface area (Å²) in [5.41, 5.74) is 0.463. The summed E-state index contributed by atoms with van der Waals surface area (Å²) < 4.78 is 5.54. The zero-order chi connectivity index (χ0) is 19.5. The van der Waals surface area contributed by atoms with Gasteiger partial charge in [-0.05, 0) is 57.2 Å². The minimum absolute atomic E-state index is 0.116. The molecule has 5 nitrogen and oxygen atoms in total. The van der Waals surface area contributed by atoms with E-state index in [0.717, 1.165) is 5.56 Å². The third-order valence-corrected chi connectivity index (χ3v) is 4.41. The fourth-order valence-electron chi connectivity index (χ4n) is 3.07. The second-order valence-corrected chi connectivity index (χ2v) is 8.75. The number of hydrogen-bond acceptors (Lipinski definition) is 3. The molecule has 0 radical (unpaired) electrons. The van der Waals surface area contributed by atoms with Crippen molar-refractivity contribution in [2.45, 2.75) is 65.1 Å². The third kappa shape index (κ3) is 5.90. The topological polar surface area (TPSA) is 58.6 Å². The zero-order valence-corrected chi connectivity index (χ0v) is 17.0. The number of carbonyl (C=O) groups excluding carboxylic acids is 2. The van der Waals surface area contributed by atoms with E-state index in [1.165, 1.54) is 0 Å². The molecule has 0 bridgehead atoms. The highest BCUT2D eigenvalue weighted by atomic mass is 35.5. The maximum Gasteiger partial charge on any atom is 0.411 e. The fraction of sp³-hybridized carbons (Fsp3) is 0.600. The van der Waals surface area contributed by atoms with Gasteiger partial charge in [-0.2, -0.15) is 0 Å². The number of halogens is 1. The highest BCUT2D eigenvalue weighted by molar-refractivity contribution is 6.30. The molecule has 0 aliphatic carbocycles. The summed E-state index contributed by atoms with van der Waals surface area (Å²) in [6, 6.07) is 6.88. The van der Waals surface area contributed by atoms with Crippen molar-refractivity contribution in [3.05, 3.63) is 34.9 Å². The number of ether oxygens (including phenoxy) is 1. The van der Waals surface area contributed by atoms with Crippen molar-refractivity contribution in [2.75, 3.05) is 6.54 Å². The Labute approximate surface area is 161 Å². The van der Waals surface area contributed by atoms with Gasteiger partial charge in [-0.1, -0.05) is 37.6 Å². The van der Waals surface area contributed by atoms with E-state index in [2.05, 4.69) is 5.32 Å². The second kappa shape index (κ2) is 8.30. The smallest absolute Gasteiger partial charge is 0.411 e. The van der Waals surface area contributed by atoms with Gasteiger partial charge in [0.25, 0.3) is 0 Å². The quantitative estimate of drug-likeness (QED) is 0.857. The average molecular weight is 381 g/mol. The summed E-state index contributed by atoms with van der Waals surface area (Å²) in [4.78, 5) is 27.0. The monoisotopic (exact) mass is 380 g/mol. The Bertz CT molecular complexity index is 637. The molecule has 1 aliphatic heterocycles. The highest BCUT2D eigenvalue weighted by Crippen LogP contribution is 2.22. The largest absolute Gasteiger partial charge is 0.444 e. The summed E-state index contributed by atoms with van der Waals surface area (Å²) in [7, 11) is 0. The van der Waals surface area contributed by atoms with E-state index in [-0.39, 0.29) is 11.9 Å². The number of rotatable bonds is 4. The van der Waals surface area contributed by atoms with Crippen LogP contribution in [0.5, 0.6) is 0 Å². The number of nitrogens with zero attached hydrogens (tertiary/aromatic N) is 1. The van der Waals surface area contributed by atoms with Crippen LogP contribution in [0.3, 0.4) is 0 Å². The van der Waals surface area contributed by atoms with Gasteiger partial charge in [0.15, 0.2) is 0 Å². The number of piperazine rings is 1. The summed E-state index contributed by atoms with van der Waals surface area (Å²) in [6.45, 7) is 10.0. The Hall–Kier alpha value is -1.75. The predicted molar refractivity (Wildman–Crippen MR) is 103 cm³/mol. The summed E-state index contributed by atoms with van der Waals surface area (Å²) in [5, 5.41) is 3.74.